The van der Waals surface area contributed by atoms with Gasteiger partial charge in [-0.1, -0.05) is 18.2 Å². The van der Waals surface area contributed by atoms with Crippen molar-refractivity contribution in [1.82, 2.24) is 10.2 Å². The highest BCUT2D eigenvalue weighted by Gasteiger charge is 2.16. The van der Waals surface area contributed by atoms with Crippen molar-refractivity contribution >= 4 is 11.8 Å². The maximum Gasteiger partial charge on any atom is 0.239 e. The second-order valence-corrected chi connectivity index (χ2v) is 4.83. The quantitative estimate of drug-likeness (QED) is 0.859. The highest BCUT2D eigenvalue weighted by molar-refractivity contribution is 5.83. The molecule has 0 spiro atoms. The zero-order valence-corrected chi connectivity index (χ0v) is 12.5. The average Bonchev–Trinajstić information content (AvgIpc) is 2.42. The van der Waals surface area contributed by atoms with Gasteiger partial charge in [-0.2, -0.15) is 0 Å². The molecule has 1 N–H and O–H groups in total. The molecule has 1 aromatic rings. The largest absolute Gasteiger partial charge is 0.496 e. The molecule has 5 heteroatoms. The van der Waals surface area contributed by atoms with Gasteiger partial charge >= 0.3 is 0 Å². The molecule has 1 rings (SSSR count). The van der Waals surface area contributed by atoms with Gasteiger partial charge in [-0.15, -0.1) is 0 Å². The Morgan fingerprint density at radius 1 is 1.30 bits per heavy atom. The molecule has 20 heavy (non-hydrogen) atoms. The molecule has 0 atom stereocenters. The Morgan fingerprint density at radius 3 is 2.50 bits per heavy atom. The fourth-order valence-electron chi connectivity index (χ4n) is 1.91. The SMILES string of the molecule is COc1ccccc1CNC(=O)CN(C(C)=O)C(C)C. The minimum atomic E-state index is -0.181. The summed E-state index contributed by atoms with van der Waals surface area (Å²) in [7, 11) is 1.59. The van der Waals surface area contributed by atoms with E-state index in [9.17, 15) is 9.59 Å². The van der Waals surface area contributed by atoms with Gasteiger partial charge in [0.25, 0.3) is 0 Å². The predicted molar refractivity (Wildman–Crippen MR) is 77.4 cm³/mol. The molecule has 110 valence electrons. The fraction of sp³-hybridized carbons (Fsp3) is 0.467. The second-order valence-electron chi connectivity index (χ2n) is 4.83. The summed E-state index contributed by atoms with van der Waals surface area (Å²) < 4.78 is 5.22. The number of rotatable bonds is 6. The van der Waals surface area contributed by atoms with E-state index in [0.717, 1.165) is 11.3 Å². The molecule has 0 aliphatic carbocycles. The number of carbonyl (C=O) groups excluding carboxylic acids is 2. The molecule has 0 aromatic heterocycles. The van der Waals surface area contributed by atoms with Crippen LogP contribution < -0.4 is 10.1 Å². The van der Waals surface area contributed by atoms with Crippen molar-refractivity contribution in [2.45, 2.75) is 33.4 Å². The van der Waals surface area contributed by atoms with Crippen molar-refractivity contribution in [1.29, 1.82) is 0 Å². The Balaban J connectivity index is 2.57. The van der Waals surface area contributed by atoms with Gasteiger partial charge in [0.05, 0.1) is 13.7 Å². The van der Waals surface area contributed by atoms with Crippen LogP contribution in [0.25, 0.3) is 0 Å². The van der Waals surface area contributed by atoms with E-state index >= 15 is 0 Å². The van der Waals surface area contributed by atoms with Crippen LogP contribution in [0.5, 0.6) is 5.75 Å². The van der Waals surface area contributed by atoms with Crippen LogP contribution in [-0.4, -0.2) is 36.4 Å². The van der Waals surface area contributed by atoms with Gasteiger partial charge in [0, 0.05) is 25.1 Å². The van der Waals surface area contributed by atoms with Gasteiger partial charge in [-0.3, -0.25) is 9.59 Å². The zero-order chi connectivity index (χ0) is 15.1. The smallest absolute Gasteiger partial charge is 0.239 e. The number of carbonyl (C=O) groups is 2. The van der Waals surface area contributed by atoms with Crippen molar-refractivity contribution in [3.63, 3.8) is 0 Å². The van der Waals surface area contributed by atoms with Crippen LogP contribution in [-0.2, 0) is 16.1 Å². The van der Waals surface area contributed by atoms with E-state index in [2.05, 4.69) is 5.32 Å². The highest BCUT2D eigenvalue weighted by atomic mass is 16.5. The summed E-state index contributed by atoms with van der Waals surface area (Å²) in [5, 5.41) is 2.80. The summed E-state index contributed by atoms with van der Waals surface area (Å²) in [5.41, 5.74) is 0.905. The zero-order valence-electron chi connectivity index (χ0n) is 12.5. The van der Waals surface area contributed by atoms with Gasteiger partial charge in [0.15, 0.2) is 0 Å². The van der Waals surface area contributed by atoms with Crippen molar-refractivity contribution in [3.8, 4) is 5.75 Å². The topological polar surface area (TPSA) is 58.6 Å². The average molecular weight is 278 g/mol. The molecule has 0 saturated carbocycles. The molecule has 5 nitrogen and oxygen atoms in total. The van der Waals surface area contributed by atoms with Crippen molar-refractivity contribution in [3.05, 3.63) is 29.8 Å². The third kappa shape index (κ3) is 4.57. The van der Waals surface area contributed by atoms with Crippen LogP contribution in [0.4, 0.5) is 0 Å². The number of amides is 2. The normalized spacial score (nSPS) is 10.2. The molecule has 0 bridgehead atoms. The molecular weight excluding hydrogens is 256 g/mol. The molecule has 2 amide bonds. The molecule has 0 aliphatic rings. The lowest BCUT2D eigenvalue weighted by Crippen LogP contribution is -2.43. The van der Waals surface area contributed by atoms with E-state index in [4.69, 9.17) is 4.74 Å². The van der Waals surface area contributed by atoms with Crippen molar-refractivity contribution in [2.24, 2.45) is 0 Å². The number of nitrogens with one attached hydrogen (secondary N) is 1. The van der Waals surface area contributed by atoms with E-state index < -0.39 is 0 Å². The number of para-hydroxylation sites is 1. The lowest BCUT2D eigenvalue weighted by molar-refractivity contribution is -0.136. The van der Waals surface area contributed by atoms with Gasteiger partial charge in [0.1, 0.15) is 5.75 Å². The monoisotopic (exact) mass is 278 g/mol. The molecular formula is C15H22N2O3. The number of methoxy groups -OCH3 is 1. The molecule has 0 saturated heterocycles. The number of benzene rings is 1. The highest BCUT2D eigenvalue weighted by Crippen LogP contribution is 2.16. The summed E-state index contributed by atoms with van der Waals surface area (Å²) in [6, 6.07) is 7.51. The van der Waals surface area contributed by atoms with Gasteiger partial charge in [-0.25, -0.2) is 0 Å². The van der Waals surface area contributed by atoms with E-state index in [-0.39, 0.29) is 24.4 Å². The first-order valence-electron chi connectivity index (χ1n) is 6.61. The maximum atomic E-state index is 11.9. The Kier molecular flexibility index (Phi) is 6.03. The van der Waals surface area contributed by atoms with Crippen LogP contribution in [0.3, 0.4) is 0 Å². The predicted octanol–water partition coefficient (Wildman–Crippen LogP) is 1.57. The van der Waals surface area contributed by atoms with Crippen molar-refractivity contribution < 1.29 is 14.3 Å². The summed E-state index contributed by atoms with van der Waals surface area (Å²) in [5.74, 6) is 0.451. The molecule has 0 aliphatic heterocycles. The van der Waals surface area contributed by atoms with E-state index in [1.807, 2.05) is 38.1 Å². The maximum absolute atomic E-state index is 11.9. The number of hydrogen-bond donors (Lipinski definition) is 1. The van der Waals surface area contributed by atoms with Crippen LogP contribution >= 0.6 is 0 Å². The van der Waals surface area contributed by atoms with Gasteiger partial charge in [0.2, 0.25) is 11.8 Å². The fourth-order valence-corrected chi connectivity index (χ4v) is 1.91. The lowest BCUT2D eigenvalue weighted by atomic mass is 10.2. The minimum absolute atomic E-state index is 0.00418. The van der Waals surface area contributed by atoms with E-state index in [1.54, 1.807) is 7.11 Å². The summed E-state index contributed by atoms with van der Waals surface area (Å²) in [6.07, 6.45) is 0. The summed E-state index contributed by atoms with van der Waals surface area (Å²) in [4.78, 5) is 24.8. The van der Waals surface area contributed by atoms with E-state index in [0.29, 0.717) is 6.54 Å². The van der Waals surface area contributed by atoms with Crippen LogP contribution in [0, 0.1) is 0 Å². The lowest BCUT2D eigenvalue weighted by Gasteiger charge is -2.24. The Bertz CT molecular complexity index is 472. The number of ether oxygens (including phenoxy) is 1. The first-order chi connectivity index (χ1) is 9.45. The molecule has 0 fully saturated rings. The first kappa shape index (κ1) is 16.0. The van der Waals surface area contributed by atoms with Gasteiger partial charge in [-0.05, 0) is 19.9 Å². The Labute approximate surface area is 119 Å². The minimum Gasteiger partial charge on any atom is -0.496 e. The summed E-state index contributed by atoms with van der Waals surface area (Å²) >= 11 is 0. The number of hydrogen-bond acceptors (Lipinski definition) is 3. The Hall–Kier alpha value is -2.04. The number of nitrogens with zero attached hydrogens (tertiary/aromatic N) is 1. The molecule has 0 heterocycles. The second kappa shape index (κ2) is 7.53. The molecule has 1 aromatic carbocycles. The van der Waals surface area contributed by atoms with Gasteiger partial charge < -0.3 is 15.0 Å². The van der Waals surface area contributed by atoms with Crippen LogP contribution in [0.15, 0.2) is 24.3 Å². The first-order valence-corrected chi connectivity index (χ1v) is 6.61. The third-order valence-electron chi connectivity index (χ3n) is 3.01. The molecule has 0 radical (unpaired) electrons. The standard InChI is InChI=1S/C15H22N2O3/c1-11(2)17(12(3)18)10-15(19)16-9-13-7-5-6-8-14(13)20-4/h5-8,11H,9-10H2,1-4H3,(H,16,19). The molecule has 0 unspecified atom stereocenters. The Morgan fingerprint density at radius 2 is 1.95 bits per heavy atom. The van der Waals surface area contributed by atoms with Crippen molar-refractivity contribution in [2.75, 3.05) is 13.7 Å². The van der Waals surface area contributed by atoms with Crippen LogP contribution in [0.2, 0.25) is 0 Å². The third-order valence-corrected chi connectivity index (χ3v) is 3.01. The van der Waals surface area contributed by atoms with Crippen LogP contribution in [0.1, 0.15) is 26.3 Å². The van der Waals surface area contributed by atoms with E-state index in [1.165, 1.54) is 11.8 Å². The summed E-state index contributed by atoms with van der Waals surface area (Å²) in [6.45, 7) is 5.69.